The van der Waals surface area contributed by atoms with Gasteiger partial charge < -0.3 is 10.0 Å². The number of aliphatic hydroxyl groups excluding tert-OH is 1. The minimum absolute atomic E-state index is 0.0161. The molecule has 1 aromatic carbocycles. The lowest BCUT2D eigenvalue weighted by molar-refractivity contribution is -0.136. The van der Waals surface area contributed by atoms with Gasteiger partial charge in [0.05, 0.1) is 17.2 Å². The molecule has 0 amide bonds. The Labute approximate surface area is 168 Å². The van der Waals surface area contributed by atoms with Crippen LogP contribution in [0, 0.1) is 11.8 Å². The van der Waals surface area contributed by atoms with Crippen LogP contribution in [0.25, 0.3) is 10.9 Å². The van der Waals surface area contributed by atoms with Crippen LogP contribution in [0.1, 0.15) is 31.2 Å². The summed E-state index contributed by atoms with van der Waals surface area (Å²) < 4.78 is 40.2. The number of alkyl halides is 3. The third-order valence-corrected chi connectivity index (χ3v) is 7.11. The molecule has 29 heavy (non-hydrogen) atoms. The molecule has 1 aromatic heterocycles. The number of rotatable bonds is 2. The Morgan fingerprint density at radius 1 is 1.00 bits per heavy atom. The maximum absolute atomic E-state index is 13.4. The summed E-state index contributed by atoms with van der Waals surface area (Å²) in [6.07, 6.45) is 0.911. The molecule has 5 rings (SSSR count). The van der Waals surface area contributed by atoms with Gasteiger partial charge in [0.15, 0.2) is 0 Å². The van der Waals surface area contributed by atoms with Gasteiger partial charge in [-0.15, -0.1) is 0 Å². The fraction of sp³-hybridized carbons (Fsp3) is 0.591. The molecule has 1 saturated carbocycles. The molecule has 2 aromatic rings. The van der Waals surface area contributed by atoms with Crippen molar-refractivity contribution in [3.63, 3.8) is 0 Å². The highest BCUT2D eigenvalue weighted by Crippen LogP contribution is 2.43. The van der Waals surface area contributed by atoms with Crippen LogP contribution in [0.3, 0.4) is 0 Å². The van der Waals surface area contributed by atoms with Gasteiger partial charge in [0.2, 0.25) is 0 Å². The Balaban J connectivity index is 1.42. The molecule has 3 aliphatic rings. The Bertz CT molecular complexity index is 896. The molecule has 0 unspecified atom stereocenters. The number of hydrogen-bond donors (Lipinski definition) is 1. The van der Waals surface area contributed by atoms with E-state index in [4.69, 9.17) is 0 Å². The molecular weight excluding hydrogens is 379 g/mol. The highest BCUT2D eigenvalue weighted by Gasteiger charge is 2.44. The first-order valence-electron chi connectivity index (χ1n) is 10.5. The van der Waals surface area contributed by atoms with Gasteiger partial charge in [-0.2, -0.15) is 13.2 Å². The Hall–Kier alpha value is -1.86. The van der Waals surface area contributed by atoms with E-state index in [1.165, 1.54) is 25.1 Å². The number of pyridine rings is 1. The van der Waals surface area contributed by atoms with E-state index in [0.29, 0.717) is 17.2 Å². The van der Waals surface area contributed by atoms with Crippen LogP contribution in [0.5, 0.6) is 0 Å². The average Bonchev–Trinajstić information content (AvgIpc) is 3.35. The summed E-state index contributed by atoms with van der Waals surface area (Å²) in [6, 6.07) is 6.35. The van der Waals surface area contributed by atoms with Crippen molar-refractivity contribution in [2.75, 3.05) is 31.1 Å². The van der Waals surface area contributed by atoms with E-state index in [1.807, 2.05) is 6.07 Å². The monoisotopic (exact) mass is 405 g/mol. The van der Waals surface area contributed by atoms with Crippen LogP contribution in [0.15, 0.2) is 30.5 Å². The fourth-order valence-corrected chi connectivity index (χ4v) is 5.74. The normalized spacial score (nSPS) is 30.8. The van der Waals surface area contributed by atoms with Crippen LogP contribution in [-0.2, 0) is 6.18 Å². The first-order valence-corrected chi connectivity index (χ1v) is 10.5. The smallest absolute Gasteiger partial charge is 0.391 e. The van der Waals surface area contributed by atoms with Gasteiger partial charge in [0.25, 0.3) is 0 Å². The van der Waals surface area contributed by atoms with Gasteiger partial charge in [-0.25, -0.2) is 0 Å². The number of fused-ring (bicyclic) bond motifs is 2. The zero-order chi connectivity index (χ0) is 20.2. The largest absolute Gasteiger partial charge is 0.418 e. The lowest BCUT2D eigenvalue weighted by Crippen LogP contribution is -2.48. The Kier molecular flexibility index (Phi) is 4.70. The first kappa shape index (κ1) is 19.1. The third kappa shape index (κ3) is 3.38. The lowest BCUT2D eigenvalue weighted by atomic mass is 9.77. The van der Waals surface area contributed by atoms with Crippen molar-refractivity contribution in [2.24, 2.45) is 11.8 Å². The van der Waals surface area contributed by atoms with Crippen molar-refractivity contribution in [2.45, 2.75) is 44.0 Å². The number of benzene rings is 1. The molecule has 0 bridgehead atoms. The van der Waals surface area contributed by atoms with E-state index >= 15 is 0 Å². The van der Waals surface area contributed by atoms with E-state index in [0.717, 1.165) is 50.8 Å². The van der Waals surface area contributed by atoms with E-state index in [1.54, 1.807) is 6.07 Å². The summed E-state index contributed by atoms with van der Waals surface area (Å²) in [7, 11) is 0. The maximum Gasteiger partial charge on any atom is 0.418 e. The van der Waals surface area contributed by atoms with E-state index in [-0.39, 0.29) is 17.7 Å². The van der Waals surface area contributed by atoms with Crippen molar-refractivity contribution in [1.29, 1.82) is 0 Å². The first-order chi connectivity index (χ1) is 13.9. The van der Waals surface area contributed by atoms with Crippen molar-refractivity contribution in [3.05, 3.63) is 36.0 Å². The second-order valence-corrected chi connectivity index (χ2v) is 8.80. The Morgan fingerprint density at radius 2 is 1.72 bits per heavy atom. The summed E-state index contributed by atoms with van der Waals surface area (Å²) >= 11 is 0. The highest BCUT2D eigenvalue weighted by atomic mass is 19.4. The minimum atomic E-state index is -4.42. The topological polar surface area (TPSA) is 39.6 Å². The summed E-state index contributed by atoms with van der Waals surface area (Å²) in [5.74, 6) is 0.857. The summed E-state index contributed by atoms with van der Waals surface area (Å²) in [5.41, 5.74) is 0.156. The van der Waals surface area contributed by atoms with Crippen LogP contribution in [0.2, 0.25) is 0 Å². The molecule has 4 nitrogen and oxygen atoms in total. The van der Waals surface area contributed by atoms with Gasteiger partial charge >= 0.3 is 6.18 Å². The van der Waals surface area contributed by atoms with Gasteiger partial charge in [-0.05, 0) is 62.7 Å². The van der Waals surface area contributed by atoms with Gasteiger partial charge in [-0.3, -0.25) is 9.88 Å². The molecule has 0 radical (unpaired) electrons. The predicted octanol–water partition coefficient (Wildman–Crippen LogP) is 3.93. The third-order valence-electron chi connectivity index (χ3n) is 7.11. The molecule has 1 N–H and O–H groups in total. The van der Waals surface area contributed by atoms with Crippen LogP contribution < -0.4 is 4.90 Å². The molecule has 2 saturated heterocycles. The molecular formula is C22H26F3N3O. The number of aliphatic hydroxyl groups is 1. The number of halogens is 3. The second kappa shape index (κ2) is 7.13. The van der Waals surface area contributed by atoms with Crippen molar-refractivity contribution in [3.8, 4) is 0 Å². The van der Waals surface area contributed by atoms with Gasteiger partial charge in [-0.1, -0.05) is 12.1 Å². The molecule has 0 spiro atoms. The molecule has 4 atom stereocenters. The summed E-state index contributed by atoms with van der Waals surface area (Å²) in [4.78, 5) is 8.69. The second-order valence-electron chi connectivity index (χ2n) is 8.80. The average molecular weight is 405 g/mol. The molecule has 7 heteroatoms. The number of likely N-dealkylation sites (tertiary alicyclic amines) is 1. The van der Waals surface area contributed by atoms with E-state index in [9.17, 15) is 18.3 Å². The Morgan fingerprint density at radius 3 is 2.45 bits per heavy atom. The van der Waals surface area contributed by atoms with Crippen LogP contribution >= 0.6 is 0 Å². The number of para-hydroxylation sites is 1. The minimum Gasteiger partial charge on any atom is -0.391 e. The SMILES string of the molecule is O[C@@H]1C[C@H]2CN(c3ccnc4c(C(F)(F)F)cccc34)C[C@H]2C[C@H]1N1CCCC1. The molecule has 3 fully saturated rings. The van der Waals surface area contributed by atoms with E-state index < -0.39 is 11.7 Å². The highest BCUT2D eigenvalue weighted by molar-refractivity contribution is 5.93. The van der Waals surface area contributed by atoms with Crippen molar-refractivity contribution in [1.82, 2.24) is 9.88 Å². The van der Waals surface area contributed by atoms with Gasteiger partial charge in [0.1, 0.15) is 0 Å². The molecule has 3 heterocycles. The fourth-order valence-electron chi connectivity index (χ4n) is 5.74. The predicted molar refractivity (Wildman–Crippen MR) is 106 cm³/mol. The summed E-state index contributed by atoms with van der Waals surface area (Å²) in [6.45, 7) is 3.75. The quantitative estimate of drug-likeness (QED) is 0.822. The number of nitrogens with zero attached hydrogens (tertiary/aromatic N) is 3. The van der Waals surface area contributed by atoms with E-state index in [2.05, 4.69) is 14.8 Å². The zero-order valence-corrected chi connectivity index (χ0v) is 16.3. The van der Waals surface area contributed by atoms with Crippen molar-refractivity contribution < 1.29 is 18.3 Å². The van der Waals surface area contributed by atoms with Crippen LogP contribution in [0.4, 0.5) is 18.9 Å². The molecule has 156 valence electrons. The van der Waals surface area contributed by atoms with Gasteiger partial charge in [0, 0.05) is 36.4 Å². The number of hydrogen-bond acceptors (Lipinski definition) is 4. The zero-order valence-electron chi connectivity index (χ0n) is 16.3. The van der Waals surface area contributed by atoms with Crippen LogP contribution in [-0.4, -0.2) is 53.3 Å². The van der Waals surface area contributed by atoms with Crippen molar-refractivity contribution >= 4 is 16.6 Å². The molecule has 2 aliphatic heterocycles. The lowest BCUT2D eigenvalue weighted by Gasteiger charge is -2.40. The standard InChI is InChI=1S/C22H26F3N3O/c23-22(24,25)17-5-3-4-16-18(6-7-26-21(16)17)28-12-14-10-19(27-8-1-2-9-27)20(29)11-15(14)13-28/h3-7,14-15,19-20,29H,1-2,8-13H2/t14-,15+,19-,20-/m1/s1. The summed E-state index contributed by atoms with van der Waals surface area (Å²) in [5, 5.41) is 11.3. The molecule has 1 aliphatic carbocycles. The maximum atomic E-state index is 13.4. The number of aromatic nitrogens is 1. The number of anilines is 1.